The summed E-state index contributed by atoms with van der Waals surface area (Å²) < 4.78 is 10.8. The highest BCUT2D eigenvalue weighted by Crippen LogP contribution is 2.46. The molecule has 2 aliphatic rings. The lowest BCUT2D eigenvalue weighted by molar-refractivity contribution is 0.0597. The molecule has 3 rings (SSSR count). The highest BCUT2D eigenvalue weighted by Gasteiger charge is 2.38. The molecule has 0 fully saturated rings. The molecular weight excluding hydrogens is 266 g/mol. The Bertz CT molecular complexity index is 605. The van der Waals surface area contributed by atoms with Crippen LogP contribution in [0.15, 0.2) is 0 Å². The molecule has 0 spiro atoms. The first-order valence-corrected chi connectivity index (χ1v) is 7.51. The number of carbonyl (C=O) groups excluding carboxylic acids is 1. The van der Waals surface area contributed by atoms with Crippen LogP contribution >= 0.6 is 0 Å². The zero-order valence-electron chi connectivity index (χ0n) is 13.3. The molecule has 1 aromatic rings. The van der Waals surface area contributed by atoms with E-state index < -0.39 is 0 Å². The van der Waals surface area contributed by atoms with E-state index in [0.29, 0.717) is 0 Å². The molecule has 0 atom stereocenters. The first-order valence-electron chi connectivity index (χ1n) is 7.51. The third kappa shape index (κ3) is 2.22. The lowest BCUT2D eigenvalue weighted by Crippen LogP contribution is -2.27. The Balaban J connectivity index is 2.30. The van der Waals surface area contributed by atoms with Crippen LogP contribution in [0, 0.1) is 5.41 Å². The number of ether oxygens (including phenoxy) is 2. The molecule has 0 aromatic heterocycles. The van der Waals surface area contributed by atoms with Crippen LogP contribution in [-0.4, -0.2) is 26.7 Å². The minimum atomic E-state index is -0.204. The highest BCUT2D eigenvalue weighted by atomic mass is 16.5. The van der Waals surface area contributed by atoms with Crippen molar-refractivity contribution < 1.29 is 14.3 Å². The summed E-state index contributed by atoms with van der Waals surface area (Å²) in [6.45, 7) is 6.13. The average molecular weight is 289 g/mol. The topological polar surface area (TPSA) is 47.6 Å². The third-order valence-corrected chi connectivity index (χ3v) is 4.64. The summed E-state index contributed by atoms with van der Waals surface area (Å²) in [7, 11) is 3.19. The van der Waals surface area contributed by atoms with Crippen molar-refractivity contribution in [2.24, 2.45) is 5.41 Å². The van der Waals surface area contributed by atoms with Gasteiger partial charge in [-0.25, -0.2) is 4.79 Å². The number of fused-ring (bicyclic) bond motifs is 2. The van der Waals surface area contributed by atoms with Gasteiger partial charge in [-0.15, -0.1) is 0 Å². The second kappa shape index (κ2) is 5.02. The predicted molar refractivity (Wildman–Crippen MR) is 80.9 cm³/mol. The Hall–Kier alpha value is -1.55. The zero-order chi connectivity index (χ0) is 15.2. The Morgan fingerprint density at radius 3 is 2.48 bits per heavy atom. The van der Waals surface area contributed by atoms with Gasteiger partial charge in [0.05, 0.1) is 19.8 Å². The SMILES string of the molecule is COC(=O)c1c2c(c(OC)c3c1CC(C)(C)C3)CNCC2. The minimum Gasteiger partial charge on any atom is -0.496 e. The molecule has 0 saturated heterocycles. The second-order valence-electron chi connectivity index (χ2n) is 6.76. The van der Waals surface area contributed by atoms with Crippen LogP contribution in [0.1, 0.15) is 46.5 Å². The summed E-state index contributed by atoms with van der Waals surface area (Å²) in [5, 5.41) is 3.38. The number of hydrogen-bond acceptors (Lipinski definition) is 4. The van der Waals surface area contributed by atoms with Crippen molar-refractivity contribution in [2.75, 3.05) is 20.8 Å². The number of methoxy groups -OCH3 is 2. The van der Waals surface area contributed by atoms with E-state index in [-0.39, 0.29) is 11.4 Å². The summed E-state index contributed by atoms with van der Waals surface area (Å²) >= 11 is 0. The molecule has 0 amide bonds. The number of carbonyl (C=O) groups is 1. The van der Waals surface area contributed by atoms with Crippen molar-refractivity contribution in [1.29, 1.82) is 0 Å². The minimum absolute atomic E-state index is 0.162. The van der Waals surface area contributed by atoms with Crippen LogP contribution in [0.25, 0.3) is 0 Å². The largest absolute Gasteiger partial charge is 0.496 e. The van der Waals surface area contributed by atoms with Gasteiger partial charge in [0.25, 0.3) is 0 Å². The van der Waals surface area contributed by atoms with Gasteiger partial charge in [0.2, 0.25) is 0 Å². The number of esters is 1. The van der Waals surface area contributed by atoms with Crippen molar-refractivity contribution >= 4 is 5.97 Å². The molecule has 1 aliphatic carbocycles. The van der Waals surface area contributed by atoms with Crippen LogP contribution in [0.5, 0.6) is 5.75 Å². The maximum absolute atomic E-state index is 12.4. The van der Waals surface area contributed by atoms with Crippen molar-refractivity contribution in [2.45, 2.75) is 39.7 Å². The van der Waals surface area contributed by atoms with E-state index in [2.05, 4.69) is 19.2 Å². The fourth-order valence-corrected chi connectivity index (χ4v) is 3.83. The summed E-state index contributed by atoms with van der Waals surface area (Å²) in [5.74, 6) is 0.773. The van der Waals surface area contributed by atoms with E-state index in [9.17, 15) is 4.79 Å². The summed E-state index contributed by atoms with van der Waals surface area (Å²) in [6.07, 6.45) is 2.70. The molecule has 1 aliphatic heterocycles. The number of rotatable bonds is 2. The van der Waals surface area contributed by atoms with E-state index in [1.54, 1.807) is 7.11 Å². The molecule has 1 heterocycles. The number of nitrogens with one attached hydrogen (secondary N) is 1. The van der Waals surface area contributed by atoms with Crippen LogP contribution < -0.4 is 10.1 Å². The second-order valence-corrected chi connectivity index (χ2v) is 6.76. The van der Waals surface area contributed by atoms with Gasteiger partial charge in [0.15, 0.2) is 0 Å². The normalized spacial score (nSPS) is 18.9. The van der Waals surface area contributed by atoms with Gasteiger partial charge in [-0.05, 0) is 47.9 Å². The first-order chi connectivity index (χ1) is 9.98. The number of benzene rings is 1. The number of hydrogen-bond donors (Lipinski definition) is 1. The van der Waals surface area contributed by atoms with E-state index in [1.807, 2.05) is 0 Å². The van der Waals surface area contributed by atoms with Gasteiger partial charge in [0.1, 0.15) is 5.75 Å². The van der Waals surface area contributed by atoms with Crippen molar-refractivity contribution in [3.63, 3.8) is 0 Å². The van der Waals surface area contributed by atoms with Crippen molar-refractivity contribution in [3.8, 4) is 5.75 Å². The van der Waals surface area contributed by atoms with Gasteiger partial charge < -0.3 is 14.8 Å². The maximum atomic E-state index is 12.4. The summed E-state index contributed by atoms with van der Waals surface area (Å²) in [4.78, 5) is 12.4. The molecule has 0 saturated carbocycles. The summed E-state index contributed by atoms with van der Waals surface area (Å²) in [5.41, 5.74) is 5.56. The van der Waals surface area contributed by atoms with Gasteiger partial charge >= 0.3 is 5.97 Å². The van der Waals surface area contributed by atoms with E-state index in [0.717, 1.165) is 60.4 Å². The van der Waals surface area contributed by atoms with Gasteiger partial charge in [-0.1, -0.05) is 13.8 Å². The fraction of sp³-hybridized carbons (Fsp3) is 0.588. The smallest absolute Gasteiger partial charge is 0.338 e. The quantitative estimate of drug-likeness (QED) is 0.848. The van der Waals surface area contributed by atoms with Crippen LogP contribution in [0.3, 0.4) is 0 Å². The third-order valence-electron chi connectivity index (χ3n) is 4.64. The Morgan fingerprint density at radius 1 is 1.10 bits per heavy atom. The van der Waals surface area contributed by atoms with Gasteiger partial charge in [-0.3, -0.25) is 0 Å². The maximum Gasteiger partial charge on any atom is 0.338 e. The van der Waals surface area contributed by atoms with Crippen LogP contribution in [-0.2, 0) is 30.5 Å². The Labute approximate surface area is 125 Å². The van der Waals surface area contributed by atoms with E-state index in [1.165, 1.54) is 12.7 Å². The predicted octanol–water partition coefficient (Wildman–Crippen LogP) is 2.25. The van der Waals surface area contributed by atoms with Gasteiger partial charge in [0, 0.05) is 12.1 Å². The molecule has 21 heavy (non-hydrogen) atoms. The summed E-state index contributed by atoms with van der Waals surface area (Å²) in [6, 6.07) is 0. The van der Waals surface area contributed by atoms with Crippen LogP contribution in [0.4, 0.5) is 0 Å². The lowest BCUT2D eigenvalue weighted by atomic mass is 9.87. The molecule has 0 radical (unpaired) electrons. The van der Waals surface area contributed by atoms with Crippen LogP contribution in [0.2, 0.25) is 0 Å². The lowest BCUT2D eigenvalue weighted by Gasteiger charge is -2.25. The molecule has 4 nitrogen and oxygen atoms in total. The molecule has 4 heteroatoms. The molecule has 0 bridgehead atoms. The van der Waals surface area contributed by atoms with Crippen molar-refractivity contribution in [3.05, 3.63) is 27.8 Å². The van der Waals surface area contributed by atoms with E-state index >= 15 is 0 Å². The standard InChI is InChI=1S/C17H23NO3/c1-17(2)7-11-12(8-17)15(20-3)13-9-18-6-5-10(13)14(11)16(19)21-4/h18H,5-9H2,1-4H3. The molecule has 1 N–H and O–H groups in total. The van der Waals surface area contributed by atoms with Gasteiger partial charge in [-0.2, -0.15) is 0 Å². The molecule has 1 aromatic carbocycles. The first kappa shape index (κ1) is 14.4. The Kier molecular flexibility index (Phi) is 3.44. The van der Waals surface area contributed by atoms with Crippen molar-refractivity contribution in [1.82, 2.24) is 5.32 Å². The molecule has 0 unspecified atom stereocenters. The Morgan fingerprint density at radius 2 is 1.81 bits per heavy atom. The fourth-order valence-electron chi connectivity index (χ4n) is 3.83. The highest BCUT2D eigenvalue weighted by molar-refractivity contribution is 5.95. The van der Waals surface area contributed by atoms with E-state index in [4.69, 9.17) is 9.47 Å². The zero-order valence-corrected chi connectivity index (χ0v) is 13.3. The monoisotopic (exact) mass is 289 g/mol. The molecular formula is C17H23NO3. The molecule has 114 valence electrons. The average Bonchev–Trinajstić information content (AvgIpc) is 2.78.